The number of hydrogen-bond donors (Lipinski definition) is 1. The predicted molar refractivity (Wildman–Crippen MR) is 78.3 cm³/mol. The molecule has 0 aliphatic carbocycles. The highest BCUT2D eigenvalue weighted by molar-refractivity contribution is 7.93. The largest absolute Gasteiger partial charge is 0.382 e. The first-order valence-electron chi connectivity index (χ1n) is 6.40. The van der Waals surface area contributed by atoms with Crippen LogP contribution in [0.15, 0.2) is 35.7 Å². The number of amides is 1. The van der Waals surface area contributed by atoms with E-state index >= 15 is 0 Å². The van der Waals surface area contributed by atoms with Crippen LogP contribution >= 0.6 is 0 Å². The molecule has 0 atom stereocenters. The number of benzene rings is 1. The monoisotopic (exact) mass is 297 g/mol. The summed E-state index contributed by atoms with van der Waals surface area (Å²) in [5, 5.41) is 0.989. The maximum atomic E-state index is 11.7. The molecule has 0 saturated heterocycles. The lowest BCUT2D eigenvalue weighted by atomic mass is 10.2. The molecule has 0 aliphatic heterocycles. The van der Waals surface area contributed by atoms with Crippen LogP contribution in [0.1, 0.15) is 25.3 Å². The Bertz CT molecular complexity index is 538. The van der Waals surface area contributed by atoms with Crippen LogP contribution in [0.2, 0.25) is 0 Å². The maximum Gasteiger partial charge on any atom is 0.257 e. The van der Waals surface area contributed by atoms with Crippen molar-refractivity contribution >= 4 is 22.0 Å². The first kappa shape index (κ1) is 16.4. The Morgan fingerprint density at radius 3 is 2.65 bits per heavy atom. The van der Waals surface area contributed by atoms with Crippen LogP contribution in [0.25, 0.3) is 6.08 Å². The first-order valence-corrected chi connectivity index (χ1v) is 7.94. The number of nitrogens with one attached hydrogen (secondary N) is 1. The maximum absolute atomic E-state index is 11.7. The fourth-order valence-corrected chi connectivity index (χ4v) is 2.28. The number of sulfonamides is 1. The van der Waals surface area contributed by atoms with E-state index in [0.717, 1.165) is 11.0 Å². The van der Waals surface area contributed by atoms with E-state index in [1.54, 1.807) is 24.3 Å². The molecule has 6 heteroatoms. The summed E-state index contributed by atoms with van der Waals surface area (Å²) in [6.07, 6.45) is 2.06. The lowest BCUT2D eigenvalue weighted by Crippen LogP contribution is -2.28. The van der Waals surface area contributed by atoms with Gasteiger partial charge in [0.05, 0.1) is 5.41 Å². The lowest BCUT2D eigenvalue weighted by molar-refractivity contribution is -0.119. The Hall–Kier alpha value is -1.66. The summed E-state index contributed by atoms with van der Waals surface area (Å²) in [6.45, 7) is 2.89. The molecule has 110 valence electrons. The molecule has 0 heterocycles. The number of rotatable bonds is 8. The molecule has 0 aromatic heterocycles. The number of ether oxygens (including phenoxy) is 1. The molecule has 1 amide bonds. The first-order chi connectivity index (χ1) is 9.53. The number of carbonyl (C=O) groups is 1. The molecule has 0 spiro atoms. The smallest absolute Gasteiger partial charge is 0.257 e. The second kappa shape index (κ2) is 8.50. The summed E-state index contributed by atoms with van der Waals surface area (Å²) < 4.78 is 30.4. The van der Waals surface area contributed by atoms with Crippen molar-refractivity contribution in [3.63, 3.8) is 0 Å². The third kappa shape index (κ3) is 7.06. The van der Waals surface area contributed by atoms with Gasteiger partial charge in [-0.25, -0.2) is 13.1 Å². The van der Waals surface area contributed by atoms with Crippen LogP contribution in [0.5, 0.6) is 0 Å². The van der Waals surface area contributed by atoms with Gasteiger partial charge in [0, 0.05) is 19.6 Å². The zero-order valence-electron chi connectivity index (χ0n) is 11.4. The fraction of sp³-hybridized carbons (Fsp3) is 0.357. The minimum Gasteiger partial charge on any atom is -0.382 e. The van der Waals surface area contributed by atoms with Crippen LogP contribution in [0, 0.1) is 0 Å². The van der Waals surface area contributed by atoms with Gasteiger partial charge < -0.3 is 4.74 Å². The SMILES string of the molecule is CCOCCCC(=O)NS(=O)(=O)/C=C/c1ccccc1. The Morgan fingerprint density at radius 1 is 1.30 bits per heavy atom. The van der Waals surface area contributed by atoms with Crippen molar-refractivity contribution in [2.45, 2.75) is 19.8 Å². The summed E-state index contributed by atoms with van der Waals surface area (Å²) in [7, 11) is -3.74. The summed E-state index contributed by atoms with van der Waals surface area (Å²) >= 11 is 0. The van der Waals surface area contributed by atoms with Gasteiger partial charge in [-0.3, -0.25) is 4.79 Å². The minimum absolute atomic E-state index is 0.123. The second-order valence-corrected chi connectivity index (χ2v) is 5.65. The number of hydrogen-bond acceptors (Lipinski definition) is 4. The van der Waals surface area contributed by atoms with Crippen LogP contribution in [0.4, 0.5) is 0 Å². The minimum atomic E-state index is -3.74. The standard InChI is InChI=1S/C14H19NO4S/c1-2-19-11-6-9-14(16)15-20(17,18)12-10-13-7-4-3-5-8-13/h3-5,7-8,10,12H,2,6,9,11H2,1H3,(H,15,16)/b12-10+. The molecule has 0 saturated carbocycles. The van der Waals surface area contributed by atoms with E-state index < -0.39 is 15.9 Å². The molecule has 20 heavy (non-hydrogen) atoms. The summed E-state index contributed by atoms with van der Waals surface area (Å²) in [6, 6.07) is 9.00. The highest BCUT2D eigenvalue weighted by atomic mass is 32.2. The molecular weight excluding hydrogens is 278 g/mol. The Kier molecular flexibility index (Phi) is 6.97. The summed E-state index contributed by atoms with van der Waals surface area (Å²) in [5.74, 6) is -0.526. The Labute approximate surface area is 119 Å². The van der Waals surface area contributed by atoms with E-state index in [2.05, 4.69) is 0 Å². The van der Waals surface area contributed by atoms with Crippen molar-refractivity contribution in [2.24, 2.45) is 0 Å². The van der Waals surface area contributed by atoms with Crippen molar-refractivity contribution in [3.8, 4) is 0 Å². The van der Waals surface area contributed by atoms with Gasteiger partial charge in [0.2, 0.25) is 5.91 Å². The van der Waals surface area contributed by atoms with Crippen molar-refractivity contribution in [2.75, 3.05) is 13.2 Å². The normalized spacial score (nSPS) is 11.7. The van der Waals surface area contributed by atoms with E-state index in [1.807, 2.05) is 17.7 Å². The van der Waals surface area contributed by atoms with E-state index in [9.17, 15) is 13.2 Å². The van der Waals surface area contributed by atoms with Crippen molar-refractivity contribution in [1.82, 2.24) is 4.72 Å². The van der Waals surface area contributed by atoms with Crippen molar-refractivity contribution < 1.29 is 17.9 Å². The molecule has 0 bridgehead atoms. The molecule has 1 N–H and O–H groups in total. The van der Waals surface area contributed by atoms with E-state index in [-0.39, 0.29) is 6.42 Å². The van der Waals surface area contributed by atoms with Crippen molar-refractivity contribution in [3.05, 3.63) is 41.3 Å². The van der Waals surface area contributed by atoms with Gasteiger partial charge in [0.25, 0.3) is 10.0 Å². The quantitative estimate of drug-likeness (QED) is 0.744. The summed E-state index contributed by atoms with van der Waals surface area (Å²) in [4.78, 5) is 11.5. The van der Waals surface area contributed by atoms with Gasteiger partial charge >= 0.3 is 0 Å². The van der Waals surface area contributed by atoms with Gasteiger partial charge in [-0.05, 0) is 25.0 Å². The lowest BCUT2D eigenvalue weighted by Gasteiger charge is -2.03. The molecule has 0 radical (unpaired) electrons. The molecule has 1 aromatic rings. The molecule has 0 unspecified atom stereocenters. The fourth-order valence-electron chi connectivity index (χ4n) is 1.46. The van der Waals surface area contributed by atoms with Crippen LogP contribution in [0.3, 0.4) is 0 Å². The van der Waals surface area contributed by atoms with Gasteiger partial charge in [-0.15, -0.1) is 0 Å². The molecular formula is C14H19NO4S. The van der Waals surface area contributed by atoms with Crippen molar-refractivity contribution in [1.29, 1.82) is 0 Å². The Morgan fingerprint density at radius 2 is 2.00 bits per heavy atom. The predicted octanol–water partition coefficient (Wildman–Crippen LogP) is 1.92. The Balaban J connectivity index is 2.45. The third-order valence-electron chi connectivity index (χ3n) is 2.39. The van der Waals surface area contributed by atoms with Crippen LogP contribution in [-0.2, 0) is 19.6 Å². The second-order valence-electron chi connectivity index (χ2n) is 4.08. The topological polar surface area (TPSA) is 72.5 Å². The number of carbonyl (C=O) groups excluding carboxylic acids is 1. The third-order valence-corrected chi connectivity index (χ3v) is 3.40. The summed E-state index contributed by atoms with van der Waals surface area (Å²) in [5.41, 5.74) is 0.752. The zero-order chi connectivity index (χ0) is 14.8. The van der Waals surface area contributed by atoms with E-state index in [1.165, 1.54) is 6.08 Å². The van der Waals surface area contributed by atoms with E-state index in [4.69, 9.17) is 4.74 Å². The average molecular weight is 297 g/mol. The van der Waals surface area contributed by atoms with Crippen LogP contribution < -0.4 is 4.72 Å². The molecule has 5 nitrogen and oxygen atoms in total. The van der Waals surface area contributed by atoms with Gasteiger partial charge in [-0.2, -0.15) is 0 Å². The van der Waals surface area contributed by atoms with Crippen LogP contribution in [-0.4, -0.2) is 27.5 Å². The molecule has 1 aromatic carbocycles. The average Bonchev–Trinajstić information content (AvgIpc) is 2.42. The van der Waals surface area contributed by atoms with Gasteiger partial charge in [0.15, 0.2) is 0 Å². The van der Waals surface area contributed by atoms with Gasteiger partial charge in [-0.1, -0.05) is 30.3 Å². The molecule has 1 rings (SSSR count). The molecule has 0 aliphatic rings. The molecule has 0 fully saturated rings. The highest BCUT2D eigenvalue weighted by Crippen LogP contribution is 2.03. The van der Waals surface area contributed by atoms with Gasteiger partial charge in [0.1, 0.15) is 0 Å². The zero-order valence-corrected chi connectivity index (χ0v) is 12.2. The van der Waals surface area contributed by atoms with E-state index in [0.29, 0.717) is 19.6 Å². The highest BCUT2D eigenvalue weighted by Gasteiger charge is 2.10.